The Morgan fingerprint density at radius 3 is 2.42 bits per heavy atom. The zero-order chi connectivity index (χ0) is 23.2. The van der Waals surface area contributed by atoms with Crippen molar-refractivity contribution in [1.29, 1.82) is 0 Å². The van der Waals surface area contributed by atoms with Crippen molar-refractivity contribution in [2.24, 2.45) is 0 Å². The van der Waals surface area contributed by atoms with Crippen LogP contribution in [0.5, 0.6) is 0 Å². The molecule has 1 aliphatic rings. The van der Waals surface area contributed by atoms with Crippen molar-refractivity contribution >= 4 is 52.4 Å². The van der Waals surface area contributed by atoms with E-state index < -0.39 is 0 Å². The summed E-state index contributed by atoms with van der Waals surface area (Å²) in [7, 11) is 0. The molecule has 2 N–H and O–H groups in total. The highest BCUT2D eigenvalue weighted by Gasteiger charge is 2.25. The number of benzene rings is 2. The molecule has 3 aromatic rings. The van der Waals surface area contributed by atoms with Gasteiger partial charge in [-0.15, -0.1) is 10.2 Å². The van der Waals surface area contributed by atoms with Gasteiger partial charge in [0.15, 0.2) is 8.68 Å². The van der Waals surface area contributed by atoms with E-state index in [0.717, 1.165) is 27.3 Å². The van der Waals surface area contributed by atoms with E-state index in [9.17, 15) is 9.59 Å². The highest BCUT2D eigenvalue weighted by molar-refractivity contribution is 8.03. The zero-order valence-electron chi connectivity index (χ0n) is 18.5. The van der Waals surface area contributed by atoms with E-state index in [1.165, 1.54) is 34.2 Å². The van der Waals surface area contributed by atoms with Crippen molar-refractivity contribution < 1.29 is 9.59 Å². The van der Waals surface area contributed by atoms with Gasteiger partial charge in [-0.1, -0.05) is 85.1 Å². The van der Waals surface area contributed by atoms with Crippen molar-refractivity contribution in [2.75, 3.05) is 11.1 Å². The lowest BCUT2D eigenvalue weighted by molar-refractivity contribution is -0.113. The molecule has 0 spiro atoms. The molecule has 4 rings (SSSR count). The van der Waals surface area contributed by atoms with Crippen molar-refractivity contribution in [3.05, 3.63) is 65.2 Å². The van der Waals surface area contributed by atoms with E-state index >= 15 is 0 Å². The van der Waals surface area contributed by atoms with Crippen LogP contribution in [0.15, 0.2) is 57.2 Å². The molecule has 1 saturated carbocycles. The van der Waals surface area contributed by atoms with Gasteiger partial charge in [0, 0.05) is 11.8 Å². The molecule has 172 valence electrons. The van der Waals surface area contributed by atoms with E-state index in [2.05, 4.69) is 58.9 Å². The monoisotopic (exact) mass is 498 g/mol. The number of para-hydroxylation sites is 1. The summed E-state index contributed by atoms with van der Waals surface area (Å²) < 4.78 is 1.63. The van der Waals surface area contributed by atoms with Gasteiger partial charge in [-0.3, -0.25) is 9.59 Å². The first-order valence-corrected chi connectivity index (χ1v) is 13.6. The number of nitrogens with one attached hydrogen (secondary N) is 2. The van der Waals surface area contributed by atoms with Gasteiger partial charge >= 0.3 is 0 Å². The Morgan fingerprint density at radius 1 is 1.03 bits per heavy atom. The molecule has 0 atom stereocenters. The Labute approximate surface area is 206 Å². The summed E-state index contributed by atoms with van der Waals surface area (Å²) in [5.41, 5.74) is 3.59. The number of hydrogen-bond donors (Lipinski definition) is 2. The average Bonchev–Trinajstić information content (AvgIpc) is 3.51. The number of hydrogen-bond acceptors (Lipinski definition) is 7. The lowest BCUT2D eigenvalue weighted by Gasteiger charge is -2.10. The molecule has 0 radical (unpaired) electrons. The van der Waals surface area contributed by atoms with Gasteiger partial charge < -0.3 is 10.6 Å². The summed E-state index contributed by atoms with van der Waals surface area (Å²) in [6.07, 6.45) is 2.03. The summed E-state index contributed by atoms with van der Waals surface area (Å²) in [5, 5.41) is 14.2. The predicted molar refractivity (Wildman–Crippen MR) is 136 cm³/mol. The minimum atomic E-state index is -0.179. The number of carbonyl (C=O) groups excluding carboxylic acids is 2. The van der Waals surface area contributed by atoms with Crippen LogP contribution in [-0.4, -0.2) is 33.8 Å². The molecule has 6 nitrogen and oxygen atoms in total. The first-order valence-electron chi connectivity index (χ1n) is 10.9. The molecule has 1 heterocycles. The van der Waals surface area contributed by atoms with Gasteiger partial charge in [-0.2, -0.15) is 0 Å². The molecular formula is C24H26N4O2S3. The fourth-order valence-corrected chi connectivity index (χ4v) is 5.83. The lowest BCUT2D eigenvalue weighted by atomic mass is 10.0. The summed E-state index contributed by atoms with van der Waals surface area (Å²) in [6, 6.07) is 16.0. The van der Waals surface area contributed by atoms with Crippen LogP contribution in [0, 0.1) is 0 Å². The number of nitrogens with zero attached hydrogens (tertiary/aromatic N) is 2. The normalized spacial score (nSPS) is 13.2. The Kier molecular flexibility index (Phi) is 8.06. The van der Waals surface area contributed by atoms with Gasteiger partial charge in [-0.05, 0) is 42.0 Å². The molecule has 0 unspecified atom stereocenters. The molecule has 1 aliphatic carbocycles. The second-order valence-corrected chi connectivity index (χ2v) is 11.6. The third kappa shape index (κ3) is 7.06. The zero-order valence-corrected chi connectivity index (χ0v) is 21.0. The molecule has 0 aliphatic heterocycles. The standard InChI is InChI=1S/C24H26N4O2S3/c1-15(2)17-9-7-16(8-10-17)13-31-23-27-28-24(33-23)32-14-21(29)26-20-6-4-3-5-19(20)22(30)25-18-11-12-18/h3-10,15,18H,11-14H2,1-2H3,(H,25,30)(H,26,29). The predicted octanol–water partition coefficient (Wildman–Crippen LogP) is 5.58. The van der Waals surface area contributed by atoms with E-state index in [0.29, 0.717) is 17.2 Å². The van der Waals surface area contributed by atoms with E-state index in [4.69, 9.17) is 0 Å². The molecule has 0 saturated heterocycles. The van der Waals surface area contributed by atoms with E-state index in [1.807, 2.05) is 0 Å². The SMILES string of the molecule is CC(C)c1ccc(CSc2nnc(SCC(=O)Nc3ccccc3C(=O)NC3CC3)s2)cc1. The maximum absolute atomic E-state index is 12.5. The largest absolute Gasteiger partial charge is 0.349 e. The second kappa shape index (κ2) is 11.2. The van der Waals surface area contributed by atoms with E-state index in [-0.39, 0.29) is 23.6 Å². The summed E-state index contributed by atoms with van der Waals surface area (Å²) in [4.78, 5) is 24.9. The highest BCUT2D eigenvalue weighted by Crippen LogP contribution is 2.31. The van der Waals surface area contributed by atoms with Crippen molar-refractivity contribution in [3.63, 3.8) is 0 Å². The first kappa shape index (κ1) is 23.8. The summed E-state index contributed by atoms with van der Waals surface area (Å²) in [6.45, 7) is 4.38. The minimum absolute atomic E-state index is 0.148. The molecule has 33 heavy (non-hydrogen) atoms. The number of amides is 2. The smallest absolute Gasteiger partial charge is 0.253 e. The number of anilines is 1. The molecule has 2 aromatic carbocycles. The number of aromatic nitrogens is 2. The lowest BCUT2D eigenvalue weighted by Crippen LogP contribution is -2.27. The number of rotatable bonds is 10. The quantitative estimate of drug-likeness (QED) is 0.355. The van der Waals surface area contributed by atoms with Crippen LogP contribution in [-0.2, 0) is 10.5 Å². The molecule has 0 bridgehead atoms. The summed E-state index contributed by atoms with van der Waals surface area (Å²) >= 11 is 4.49. The minimum Gasteiger partial charge on any atom is -0.349 e. The first-order chi connectivity index (χ1) is 16.0. The van der Waals surface area contributed by atoms with Gasteiger partial charge in [-0.25, -0.2) is 0 Å². The van der Waals surface area contributed by atoms with Crippen LogP contribution in [0.1, 0.15) is 54.1 Å². The van der Waals surface area contributed by atoms with Crippen molar-refractivity contribution in [3.8, 4) is 0 Å². The van der Waals surface area contributed by atoms with Crippen LogP contribution in [0.3, 0.4) is 0 Å². The highest BCUT2D eigenvalue weighted by atomic mass is 32.2. The van der Waals surface area contributed by atoms with Crippen LogP contribution in [0.2, 0.25) is 0 Å². The van der Waals surface area contributed by atoms with Gasteiger partial charge in [0.1, 0.15) is 0 Å². The van der Waals surface area contributed by atoms with E-state index in [1.54, 1.807) is 36.0 Å². The van der Waals surface area contributed by atoms with Crippen LogP contribution < -0.4 is 10.6 Å². The van der Waals surface area contributed by atoms with Crippen molar-refractivity contribution in [2.45, 2.75) is 53.1 Å². The summed E-state index contributed by atoms with van der Waals surface area (Å²) in [5.74, 6) is 1.24. The fourth-order valence-electron chi connectivity index (χ4n) is 3.05. The van der Waals surface area contributed by atoms with Gasteiger partial charge in [0.25, 0.3) is 5.91 Å². The van der Waals surface area contributed by atoms with Crippen LogP contribution in [0.4, 0.5) is 5.69 Å². The Balaban J connectivity index is 1.25. The molecule has 1 aromatic heterocycles. The third-order valence-corrected chi connectivity index (χ3v) is 8.34. The Morgan fingerprint density at radius 2 is 1.73 bits per heavy atom. The number of thioether (sulfide) groups is 2. The second-order valence-electron chi connectivity index (χ2n) is 8.15. The Bertz CT molecular complexity index is 1110. The van der Waals surface area contributed by atoms with Gasteiger partial charge in [0.05, 0.1) is 17.0 Å². The van der Waals surface area contributed by atoms with Gasteiger partial charge in [0.2, 0.25) is 5.91 Å². The molecule has 1 fully saturated rings. The van der Waals surface area contributed by atoms with Crippen LogP contribution in [0.25, 0.3) is 0 Å². The topological polar surface area (TPSA) is 84.0 Å². The van der Waals surface area contributed by atoms with Crippen molar-refractivity contribution in [1.82, 2.24) is 15.5 Å². The molecule has 2 amide bonds. The average molecular weight is 499 g/mol. The Hall–Kier alpha value is -2.36. The van der Waals surface area contributed by atoms with Crippen LogP contribution >= 0.6 is 34.9 Å². The molecule has 9 heteroatoms. The maximum atomic E-state index is 12.5. The maximum Gasteiger partial charge on any atom is 0.253 e. The molecular weight excluding hydrogens is 472 g/mol. The number of carbonyl (C=O) groups is 2. The third-order valence-electron chi connectivity index (χ3n) is 5.08. The fraction of sp³-hybridized carbons (Fsp3) is 0.333.